The molecular weight excluding hydrogens is 242 g/mol. The van der Waals surface area contributed by atoms with Gasteiger partial charge in [-0.15, -0.1) is 0 Å². The van der Waals surface area contributed by atoms with E-state index < -0.39 is 6.04 Å². The maximum absolute atomic E-state index is 11.8. The van der Waals surface area contributed by atoms with Gasteiger partial charge in [0.2, 0.25) is 11.8 Å². The summed E-state index contributed by atoms with van der Waals surface area (Å²) in [5, 5.41) is 2.57. The molecule has 0 heterocycles. The highest BCUT2D eigenvalue weighted by molar-refractivity contribution is 5.88. The topological polar surface area (TPSA) is 75.4 Å². The second kappa shape index (κ2) is 7.53. The molecule has 1 rings (SSSR count). The van der Waals surface area contributed by atoms with E-state index in [2.05, 4.69) is 5.32 Å². The Labute approximate surface area is 113 Å². The summed E-state index contributed by atoms with van der Waals surface area (Å²) in [4.78, 5) is 25.2. The molecule has 0 aliphatic carbocycles. The zero-order valence-corrected chi connectivity index (χ0v) is 11.4. The summed E-state index contributed by atoms with van der Waals surface area (Å²) in [6.07, 6.45) is 0. The highest BCUT2D eigenvalue weighted by Crippen LogP contribution is 2.08. The molecule has 3 N–H and O–H groups in total. The smallest absolute Gasteiger partial charge is 0.241 e. The molecule has 0 bridgehead atoms. The van der Waals surface area contributed by atoms with Crippen LogP contribution in [0.2, 0.25) is 0 Å². The molecule has 0 aromatic heterocycles. The third-order valence-electron chi connectivity index (χ3n) is 2.97. The molecule has 0 radical (unpaired) electrons. The molecule has 104 valence electrons. The highest BCUT2D eigenvalue weighted by atomic mass is 16.2. The maximum Gasteiger partial charge on any atom is 0.241 e. The van der Waals surface area contributed by atoms with Gasteiger partial charge in [0, 0.05) is 13.1 Å². The van der Waals surface area contributed by atoms with Crippen LogP contribution in [0.15, 0.2) is 30.3 Å². The Bertz CT molecular complexity index is 416. The standard InChI is InChI=1S/C14H21N3O2/c1-3-17(4-2)12(18)10-16-14(19)13(15)11-8-6-5-7-9-11/h5-9,13H,3-4,10,15H2,1-2H3,(H,16,19)/t13-/m0/s1. The van der Waals surface area contributed by atoms with Crippen LogP contribution in [0, 0.1) is 0 Å². The molecule has 5 nitrogen and oxygen atoms in total. The van der Waals surface area contributed by atoms with Crippen molar-refractivity contribution in [3.05, 3.63) is 35.9 Å². The Morgan fingerprint density at radius 1 is 1.21 bits per heavy atom. The molecule has 1 aromatic carbocycles. The number of hydrogen-bond acceptors (Lipinski definition) is 3. The van der Waals surface area contributed by atoms with Gasteiger partial charge in [-0.05, 0) is 19.4 Å². The van der Waals surface area contributed by atoms with Gasteiger partial charge in [-0.25, -0.2) is 0 Å². The molecule has 0 fully saturated rings. The monoisotopic (exact) mass is 263 g/mol. The number of hydrogen-bond donors (Lipinski definition) is 2. The normalized spacial score (nSPS) is 11.7. The molecule has 0 aliphatic heterocycles. The number of likely N-dealkylation sites (N-methyl/N-ethyl adjacent to an activating group) is 1. The summed E-state index contributed by atoms with van der Waals surface area (Å²) in [5.41, 5.74) is 6.56. The predicted molar refractivity (Wildman–Crippen MR) is 74.3 cm³/mol. The zero-order chi connectivity index (χ0) is 14.3. The first-order valence-electron chi connectivity index (χ1n) is 6.46. The second-order valence-corrected chi connectivity index (χ2v) is 4.17. The van der Waals surface area contributed by atoms with Crippen LogP contribution in [0.1, 0.15) is 25.5 Å². The quantitative estimate of drug-likeness (QED) is 0.792. The number of carbonyl (C=O) groups excluding carboxylic acids is 2. The van der Waals surface area contributed by atoms with Gasteiger partial charge in [0.05, 0.1) is 6.54 Å². The summed E-state index contributed by atoms with van der Waals surface area (Å²) >= 11 is 0. The minimum absolute atomic E-state index is 0.0129. The van der Waals surface area contributed by atoms with E-state index in [0.717, 1.165) is 5.56 Å². The minimum Gasteiger partial charge on any atom is -0.345 e. The van der Waals surface area contributed by atoms with Crippen molar-refractivity contribution in [2.24, 2.45) is 5.73 Å². The van der Waals surface area contributed by atoms with Crippen LogP contribution < -0.4 is 11.1 Å². The Morgan fingerprint density at radius 2 is 1.79 bits per heavy atom. The fraction of sp³-hybridized carbons (Fsp3) is 0.429. The van der Waals surface area contributed by atoms with Crippen molar-refractivity contribution in [2.45, 2.75) is 19.9 Å². The van der Waals surface area contributed by atoms with Crippen LogP contribution in [-0.2, 0) is 9.59 Å². The summed E-state index contributed by atoms with van der Waals surface area (Å²) in [5.74, 6) is -0.440. The lowest BCUT2D eigenvalue weighted by Gasteiger charge is -2.19. The Hall–Kier alpha value is -1.88. The molecule has 5 heteroatoms. The van der Waals surface area contributed by atoms with Crippen molar-refractivity contribution in [1.82, 2.24) is 10.2 Å². The minimum atomic E-state index is -0.745. The third-order valence-corrected chi connectivity index (χ3v) is 2.97. The lowest BCUT2D eigenvalue weighted by atomic mass is 10.1. The SMILES string of the molecule is CCN(CC)C(=O)CNC(=O)[C@@H](N)c1ccccc1. The average molecular weight is 263 g/mol. The van der Waals surface area contributed by atoms with Crippen molar-refractivity contribution in [2.75, 3.05) is 19.6 Å². The second-order valence-electron chi connectivity index (χ2n) is 4.17. The first-order chi connectivity index (χ1) is 9.10. The molecule has 0 unspecified atom stereocenters. The largest absolute Gasteiger partial charge is 0.345 e. The number of amides is 2. The Kier molecular flexibility index (Phi) is 6.02. The van der Waals surface area contributed by atoms with Gasteiger partial charge >= 0.3 is 0 Å². The van der Waals surface area contributed by atoms with Gasteiger partial charge in [0.15, 0.2) is 0 Å². The van der Waals surface area contributed by atoms with Crippen molar-refractivity contribution >= 4 is 11.8 Å². The van der Waals surface area contributed by atoms with Gasteiger partial charge in [-0.1, -0.05) is 30.3 Å². The Morgan fingerprint density at radius 3 is 2.32 bits per heavy atom. The van der Waals surface area contributed by atoms with Gasteiger partial charge in [0.25, 0.3) is 0 Å². The van der Waals surface area contributed by atoms with E-state index >= 15 is 0 Å². The van der Waals surface area contributed by atoms with E-state index in [4.69, 9.17) is 5.73 Å². The average Bonchev–Trinajstić information content (AvgIpc) is 2.46. The first kappa shape index (κ1) is 15.2. The first-order valence-corrected chi connectivity index (χ1v) is 6.46. The van der Waals surface area contributed by atoms with E-state index in [-0.39, 0.29) is 18.4 Å². The van der Waals surface area contributed by atoms with Crippen molar-refractivity contribution in [3.8, 4) is 0 Å². The number of benzene rings is 1. The molecular formula is C14H21N3O2. The van der Waals surface area contributed by atoms with Crippen LogP contribution in [0.4, 0.5) is 0 Å². The zero-order valence-electron chi connectivity index (χ0n) is 11.4. The lowest BCUT2D eigenvalue weighted by Crippen LogP contribution is -2.42. The number of nitrogens with one attached hydrogen (secondary N) is 1. The molecule has 0 spiro atoms. The van der Waals surface area contributed by atoms with Crippen LogP contribution in [0.25, 0.3) is 0 Å². The molecule has 0 saturated heterocycles. The van der Waals surface area contributed by atoms with E-state index in [1.54, 1.807) is 17.0 Å². The number of nitrogens with zero attached hydrogens (tertiary/aromatic N) is 1. The van der Waals surface area contributed by atoms with Crippen molar-refractivity contribution in [3.63, 3.8) is 0 Å². The summed E-state index contributed by atoms with van der Waals surface area (Å²) in [6, 6.07) is 8.34. The number of carbonyl (C=O) groups is 2. The van der Waals surface area contributed by atoms with Crippen LogP contribution >= 0.6 is 0 Å². The molecule has 1 atom stereocenters. The van der Waals surface area contributed by atoms with Crippen LogP contribution in [-0.4, -0.2) is 36.3 Å². The van der Waals surface area contributed by atoms with Crippen molar-refractivity contribution in [1.29, 1.82) is 0 Å². The number of nitrogens with two attached hydrogens (primary N) is 1. The Balaban J connectivity index is 2.50. The van der Waals surface area contributed by atoms with Crippen molar-refractivity contribution < 1.29 is 9.59 Å². The molecule has 1 aromatic rings. The van der Waals surface area contributed by atoms with Crippen LogP contribution in [0.5, 0.6) is 0 Å². The third kappa shape index (κ3) is 4.37. The summed E-state index contributed by atoms with van der Waals surface area (Å²) in [6.45, 7) is 5.06. The predicted octanol–water partition coefficient (Wildman–Crippen LogP) is 0.671. The van der Waals surface area contributed by atoms with Gasteiger partial charge in [0.1, 0.15) is 6.04 Å². The lowest BCUT2D eigenvalue weighted by molar-refractivity contribution is -0.132. The fourth-order valence-electron chi connectivity index (χ4n) is 1.77. The van der Waals surface area contributed by atoms with E-state index in [0.29, 0.717) is 13.1 Å². The van der Waals surface area contributed by atoms with E-state index in [1.165, 1.54) is 0 Å². The number of rotatable bonds is 6. The molecule has 19 heavy (non-hydrogen) atoms. The van der Waals surface area contributed by atoms with Gasteiger partial charge in [-0.2, -0.15) is 0 Å². The summed E-state index contributed by atoms with van der Waals surface area (Å²) < 4.78 is 0. The summed E-state index contributed by atoms with van der Waals surface area (Å²) in [7, 11) is 0. The highest BCUT2D eigenvalue weighted by Gasteiger charge is 2.17. The van der Waals surface area contributed by atoms with E-state index in [1.807, 2.05) is 32.0 Å². The van der Waals surface area contributed by atoms with Gasteiger partial charge < -0.3 is 16.0 Å². The van der Waals surface area contributed by atoms with Gasteiger partial charge in [-0.3, -0.25) is 9.59 Å². The molecule has 2 amide bonds. The molecule has 0 saturated carbocycles. The fourth-order valence-corrected chi connectivity index (χ4v) is 1.77. The van der Waals surface area contributed by atoms with E-state index in [9.17, 15) is 9.59 Å². The molecule has 0 aliphatic rings. The van der Waals surface area contributed by atoms with Crippen LogP contribution in [0.3, 0.4) is 0 Å². The maximum atomic E-state index is 11.8.